The van der Waals surface area contributed by atoms with Crippen LogP contribution >= 0.6 is 0 Å². The largest absolute Gasteiger partial charge is 0.388 e. The third-order valence-corrected chi connectivity index (χ3v) is 4.33. The molecule has 1 atom stereocenters. The minimum Gasteiger partial charge on any atom is -0.388 e. The summed E-state index contributed by atoms with van der Waals surface area (Å²) in [6, 6.07) is 5.97. The van der Waals surface area contributed by atoms with Crippen LogP contribution in [0.5, 0.6) is 0 Å². The number of amides is 1. The van der Waals surface area contributed by atoms with Gasteiger partial charge in [-0.2, -0.15) is 0 Å². The molecule has 3 rings (SSSR count). The maximum absolute atomic E-state index is 12.8. The highest BCUT2D eigenvalue weighted by Crippen LogP contribution is 2.25. The van der Waals surface area contributed by atoms with Gasteiger partial charge in [-0.05, 0) is 49.9 Å². The Balaban J connectivity index is 1.87. The highest BCUT2D eigenvalue weighted by molar-refractivity contribution is 5.96. The predicted octanol–water partition coefficient (Wildman–Crippen LogP) is 1.32. The van der Waals surface area contributed by atoms with Crippen molar-refractivity contribution >= 4 is 5.91 Å². The Morgan fingerprint density at radius 3 is 3.10 bits per heavy atom. The number of carbonyl (C=O) groups excluding carboxylic acids is 1. The first-order valence-corrected chi connectivity index (χ1v) is 7.40. The predicted molar refractivity (Wildman–Crippen MR) is 77.6 cm³/mol. The summed E-state index contributed by atoms with van der Waals surface area (Å²) in [5.74, 6) is 0.0729. The number of carbonyl (C=O) groups is 1. The molecule has 0 spiro atoms. The molecule has 0 aromatic heterocycles. The summed E-state index contributed by atoms with van der Waals surface area (Å²) >= 11 is 0. The molecule has 1 aromatic carbocycles. The number of nitrogens with zero attached hydrogens (tertiary/aromatic N) is 1. The first kappa shape index (κ1) is 13.6. The van der Waals surface area contributed by atoms with Gasteiger partial charge in [-0.25, -0.2) is 0 Å². The van der Waals surface area contributed by atoms with Crippen LogP contribution in [0, 0.1) is 0 Å². The molecule has 1 saturated heterocycles. The van der Waals surface area contributed by atoms with Gasteiger partial charge < -0.3 is 15.3 Å². The van der Waals surface area contributed by atoms with Gasteiger partial charge in [0.25, 0.3) is 5.91 Å². The lowest BCUT2D eigenvalue weighted by atomic mass is 9.92. The maximum Gasteiger partial charge on any atom is 0.254 e. The van der Waals surface area contributed by atoms with Crippen molar-refractivity contribution < 1.29 is 9.90 Å². The molecule has 1 unspecified atom stereocenters. The number of nitrogens with one attached hydrogen (secondary N) is 1. The van der Waals surface area contributed by atoms with E-state index in [0.717, 1.165) is 44.5 Å². The lowest BCUT2D eigenvalue weighted by Gasteiger charge is -2.37. The Kier molecular flexibility index (Phi) is 3.52. The molecular weight excluding hydrogens is 252 g/mol. The van der Waals surface area contributed by atoms with Crippen LogP contribution in [0.4, 0.5) is 0 Å². The van der Waals surface area contributed by atoms with Gasteiger partial charge >= 0.3 is 0 Å². The Morgan fingerprint density at radius 2 is 2.30 bits per heavy atom. The van der Waals surface area contributed by atoms with Crippen LogP contribution in [-0.2, 0) is 13.0 Å². The SMILES string of the molecule is CC1(O)CCCN(C(=O)c2cccc3c2CCNC3)C1. The van der Waals surface area contributed by atoms with E-state index >= 15 is 0 Å². The summed E-state index contributed by atoms with van der Waals surface area (Å²) in [4.78, 5) is 14.6. The van der Waals surface area contributed by atoms with Crippen molar-refractivity contribution in [3.63, 3.8) is 0 Å². The monoisotopic (exact) mass is 274 g/mol. The number of fused-ring (bicyclic) bond motifs is 1. The molecule has 1 fully saturated rings. The van der Waals surface area contributed by atoms with Crippen LogP contribution in [0.15, 0.2) is 18.2 Å². The zero-order valence-corrected chi connectivity index (χ0v) is 12.0. The van der Waals surface area contributed by atoms with Crippen LogP contribution in [0.1, 0.15) is 41.3 Å². The maximum atomic E-state index is 12.8. The van der Waals surface area contributed by atoms with Gasteiger partial charge in [-0.15, -0.1) is 0 Å². The molecule has 4 nitrogen and oxygen atoms in total. The summed E-state index contributed by atoms with van der Waals surface area (Å²) < 4.78 is 0. The minimum absolute atomic E-state index is 0.0729. The standard InChI is InChI=1S/C16H22N2O2/c1-16(20)7-3-9-18(11-16)15(19)14-5-2-4-12-10-17-8-6-13(12)14/h2,4-5,17,20H,3,6-11H2,1H3. The number of hydrogen-bond acceptors (Lipinski definition) is 3. The third-order valence-electron chi connectivity index (χ3n) is 4.33. The van der Waals surface area contributed by atoms with E-state index in [0.29, 0.717) is 6.54 Å². The Labute approximate surface area is 119 Å². The second kappa shape index (κ2) is 5.19. The van der Waals surface area contributed by atoms with Gasteiger partial charge in [0, 0.05) is 25.2 Å². The quantitative estimate of drug-likeness (QED) is 0.812. The molecule has 1 aromatic rings. The fourth-order valence-corrected chi connectivity index (χ4v) is 3.30. The van der Waals surface area contributed by atoms with Crippen LogP contribution in [0.3, 0.4) is 0 Å². The Bertz CT molecular complexity index is 525. The second-order valence-corrected chi connectivity index (χ2v) is 6.20. The zero-order valence-electron chi connectivity index (χ0n) is 12.0. The average molecular weight is 274 g/mol. The number of benzene rings is 1. The van der Waals surface area contributed by atoms with Crippen LogP contribution < -0.4 is 5.32 Å². The van der Waals surface area contributed by atoms with Gasteiger partial charge in [0.2, 0.25) is 0 Å². The third kappa shape index (κ3) is 2.58. The average Bonchev–Trinajstić information content (AvgIpc) is 2.45. The molecule has 0 aliphatic carbocycles. The number of rotatable bonds is 1. The molecule has 1 amide bonds. The van der Waals surface area contributed by atoms with Gasteiger partial charge in [-0.3, -0.25) is 4.79 Å². The summed E-state index contributed by atoms with van der Waals surface area (Å²) in [7, 11) is 0. The van der Waals surface area contributed by atoms with Crippen molar-refractivity contribution in [1.82, 2.24) is 10.2 Å². The molecule has 2 aliphatic heterocycles. The summed E-state index contributed by atoms with van der Waals surface area (Å²) in [5.41, 5.74) is 2.48. The molecule has 20 heavy (non-hydrogen) atoms. The lowest BCUT2D eigenvalue weighted by Crippen LogP contribution is -2.48. The number of β-amino-alcohol motifs (C(OH)–C–C–N with tert-alkyl or cyclic N) is 1. The fourth-order valence-electron chi connectivity index (χ4n) is 3.30. The fraction of sp³-hybridized carbons (Fsp3) is 0.562. The van der Waals surface area contributed by atoms with Crippen molar-refractivity contribution in [3.8, 4) is 0 Å². The van der Waals surface area contributed by atoms with E-state index in [9.17, 15) is 9.90 Å². The van der Waals surface area contributed by atoms with Crippen molar-refractivity contribution in [3.05, 3.63) is 34.9 Å². The van der Waals surface area contributed by atoms with Gasteiger partial charge in [-0.1, -0.05) is 12.1 Å². The molecule has 0 radical (unpaired) electrons. The number of likely N-dealkylation sites (tertiary alicyclic amines) is 1. The van der Waals surface area contributed by atoms with Crippen LogP contribution in [-0.4, -0.2) is 41.1 Å². The van der Waals surface area contributed by atoms with E-state index in [-0.39, 0.29) is 5.91 Å². The molecule has 4 heteroatoms. The van der Waals surface area contributed by atoms with Gasteiger partial charge in [0.1, 0.15) is 0 Å². The summed E-state index contributed by atoms with van der Waals surface area (Å²) in [6.07, 6.45) is 2.55. The Morgan fingerprint density at radius 1 is 1.45 bits per heavy atom. The topological polar surface area (TPSA) is 52.6 Å². The van der Waals surface area contributed by atoms with Crippen LogP contribution in [0.2, 0.25) is 0 Å². The Hall–Kier alpha value is -1.39. The number of aliphatic hydroxyl groups is 1. The highest BCUT2D eigenvalue weighted by Gasteiger charge is 2.32. The molecule has 108 valence electrons. The first-order chi connectivity index (χ1) is 9.57. The van der Waals surface area contributed by atoms with E-state index < -0.39 is 5.60 Å². The lowest BCUT2D eigenvalue weighted by molar-refractivity contribution is -0.0107. The van der Waals surface area contributed by atoms with Gasteiger partial charge in [0.15, 0.2) is 0 Å². The summed E-state index contributed by atoms with van der Waals surface area (Å²) in [6.45, 7) is 4.77. The smallest absolute Gasteiger partial charge is 0.254 e. The van der Waals surface area contributed by atoms with Crippen molar-refractivity contribution in [2.45, 2.75) is 38.3 Å². The molecule has 0 saturated carbocycles. The summed E-state index contributed by atoms with van der Waals surface area (Å²) in [5, 5.41) is 13.5. The minimum atomic E-state index is -0.746. The first-order valence-electron chi connectivity index (χ1n) is 7.40. The molecular formula is C16H22N2O2. The van der Waals surface area contributed by atoms with Gasteiger partial charge in [0.05, 0.1) is 5.60 Å². The molecule has 2 N–H and O–H groups in total. The zero-order chi connectivity index (χ0) is 14.2. The number of piperidine rings is 1. The van der Waals surface area contributed by atoms with E-state index in [4.69, 9.17) is 0 Å². The highest BCUT2D eigenvalue weighted by atomic mass is 16.3. The normalized spacial score (nSPS) is 26.2. The molecule has 2 heterocycles. The van der Waals surface area contributed by atoms with E-state index in [1.54, 1.807) is 4.90 Å². The van der Waals surface area contributed by atoms with Crippen molar-refractivity contribution in [1.29, 1.82) is 0 Å². The van der Waals surface area contributed by atoms with E-state index in [1.165, 1.54) is 11.1 Å². The van der Waals surface area contributed by atoms with E-state index in [2.05, 4.69) is 11.4 Å². The van der Waals surface area contributed by atoms with Crippen molar-refractivity contribution in [2.75, 3.05) is 19.6 Å². The second-order valence-electron chi connectivity index (χ2n) is 6.20. The molecule has 2 aliphatic rings. The molecule has 0 bridgehead atoms. The van der Waals surface area contributed by atoms with E-state index in [1.807, 2.05) is 19.1 Å². The van der Waals surface area contributed by atoms with Crippen molar-refractivity contribution in [2.24, 2.45) is 0 Å². The van der Waals surface area contributed by atoms with Crippen LogP contribution in [0.25, 0.3) is 0 Å². The number of hydrogen-bond donors (Lipinski definition) is 2.